The Balaban J connectivity index is 2.11. The molecular weight excluding hydrogens is 190 g/mol. The van der Waals surface area contributed by atoms with Crippen molar-refractivity contribution in [2.45, 2.75) is 19.4 Å². The number of aliphatic hydroxyl groups excluding tert-OH is 1. The van der Waals surface area contributed by atoms with Crippen LogP contribution in [-0.4, -0.2) is 10.1 Å². The van der Waals surface area contributed by atoms with Crippen molar-refractivity contribution >= 4 is 0 Å². The second-order valence-electron chi connectivity index (χ2n) is 3.53. The first-order valence-electron chi connectivity index (χ1n) is 4.89. The molecule has 78 valence electrons. The van der Waals surface area contributed by atoms with Crippen LogP contribution < -0.4 is 0 Å². The van der Waals surface area contributed by atoms with Crippen LogP contribution in [0.2, 0.25) is 0 Å². The highest BCUT2D eigenvalue weighted by molar-refractivity contribution is 5.19. The number of furan rings is 1. The number of hydrogen-bond donors (Lipinski definition) is 1. The monoisotopic (exact) mass is 203 g/mol. The standard InChI is InChI=1S/C12H13NO2/c1-9-7-10(4-5-13-9)12(14)8-11-3-2-6-15-11/h2-7,12,14H,8H2,1H3. The molecule has 2 rings (SSSR count). The van der Waals surface area contributed by atoms with Gasteiger partial charge in [0.1, 0.15) is 5.76 Å². The van der Waals surface area contributed by atoms with E-state index in [1.54, 1.807) is 12.5 Å². The maximum absolute atomic E-state index is 9.93. The number of pyridine rings is 1. The first kappa shape index (κ1) is 9.93. The van der Waals surface area contributed by atoms with Gasteiger partial charge < -0.3 is 9.52 Å². The summed E-state index contributed by atoms with van der Waals surface area (Å²) >= 11 is 0. The molecule has 2 aromatic heterocycles. The molecule has 0 aromatic carbocycles. The van der Waals surface area contributed by atoms with Gasteiger partial charge in [-0.05, 0) is 36.8 Å². The van der Waals surface area contributed by atoms with Crippen molar-refractivity contribution in [3.63, 3.8) is 0 Å². The first-order chi connectivity index (χ1) is 7.25. The van der Waals surface area contributed by atoms with Crippen molar-refractivity contribution in [3.05, 3.63) is 53.7 Å². The fourth-order valence-electron chi connectivity index (χ4n) is 1.51. The zero-order valence-corrected chi connectivity index (χ0v) is 8.55. The highest BCUT2D eigenvalue weighted by Gasteiger charge is 2.10. The molecule has 0 saturated carbocycles. The Bertz CT molecular complexity index is 423. The van der Waals surface area contributed by atoms with Gasteiger partial charge in [0.05, 0.1) is 12.4 Å². The Morgan fingerprint density at radius 2 is 2.33 bits per heavy atom. The number of rotatable bonds is 3. The third-order valence-corrected chi connectivity index (χ3v) is 2.28. The van der Waals surface area contributed by atoms with E-state index < -0.39 is 6.10 Å². The number of aryl methyl sites for hydroxylation is 1. The fourth-order valence-corrected chi connectivity index (χ4v) is 1.51. The van der Waals surface area contributed by atoms with Crippen LogP contribution in [0.4, 0.5) is 0 Å². The maximum Gasteiger partial charge on any atom is 0.106 e. The number of nitrogens with zero attached hydrogens (tertiary/aromatic N) is 1. The van der Waals surface area contributed by atoms with Gasteiger partial charge in [-0.25, -0.2) is 0 Å². The van der Waals surface area contributed by atoms with Crippen LogP contribution in [0.15, 0.2) is 41.1 Å². The van der Waals surface area contributed by atoms with E-state index in [1.807, 2.05) is 31.2 Å². The topological polar surface area (TPSA) is 46.3 Å². The van der Waals surface area contributed by atoms with Gasteiger partial charge in [0, 0.05) is 18.3 Å². The van der Waals surface area contributed by atoms with Crippen molar-refractivity contribution in [1.82, 2.24) is 4.98 Å². The average molecular weight is 203 g/mol. The van der Waals surface area contributed by atoms with E-state index in [0.717, 1.165) is 17.0 Å². The van der Waals surface area contributed by atoms with Crippen LogP contribution in [0.3, 0.4) is 0 Å². The summed E-state index contributed by atoms with van der Waals surface area (Å²) in [5.74, 6) is 0.789. The predicted molar refractivity (Wildman–Crippen MR) is 56.3 cm³/mol. The van der Waals surface area contributed by atoms with Gasteiger partial charge in [0.15, 0.2) is 0 Å². The summed E-state index contributed by atoms with van der Waals surface area (Å²) < 4.78 is 5.18. The zero-order valence-electron chi connectivity index (χ0n) is 8.55. The lowest BCUT2D eigenvalue weighted by Crippen LogP contribution is -2.01. The van der Waals surface area contributed by atoms with Crippen molar-refractivity contribution in [3.8, 4) is 0 Å². The van der Waals surface area contributed by atoms with Crippen molar-refractivity contribution in [2.24, 2.45) is 0 Å². The molecule has 0 radical (unpaired) electrons. The van der Waals surface area contributed by atoms with E-state index in [2.05, 4.69) is 4.98 Å². The zero-order chi connectivity index (χ0) is 10.7. The Kier molecular flexibility index (Phi) is 2.83. The number of aliphatic hydroxyl groups is 1. The van der Waals surface area contributed by atoms with Gasteiger partial charge in [-0.3, -0.25) is 4.98 Å². The van der Waals surface area contributed by atoms with Gasteiger partial charge in [-0.1, -0.05) is 0 Å². The SMILES string of the molecule is Cc1cc(C(O)Cc2ccco2)ccn1. The van der Waals surface area contributed by atoms with E-state index in [9.17, 15) is 5.11 Å². The first-order valence-corrected chi connectivity index (χ1v) is 4.89. The predicted octanol–water partition coefficient (Wildman–Crippen LogP) is 2.26. The Morgan fingerprint density at radius 3 is 3.00 bits per heavy atom. The molecule has 1 atom stereocenters. The van der Waals surface area contributed by atoms with Crippen LogP contribution >= 0.6 is 0 Å². The van der Waals surface area contributed by atoms with Gasteiger partial charge in [0.2, 0.25) is 0 Å². The van der Waals surface area contributed by atoms with E-state index >= 15 is 0 Å². The minimum atomic E-state index is -0.530. The second-order valence-corrected chi connectivity index (χ2v) is 3.53. The van der Waals surface area contributed by atoms with Crippen LogP contribution in [0.5, 0.6) is 0 Å². The van der Waals surface area contributed by atoms with E-state index in [0.29, 0.717) is 6.42 Å². The summed E-state index contributed by atoms with van der Waals surface area (Å²) in [5.41, 5.74) is 1.78. The lowest BCUT2D eigenvalue weighted by molar-refractivity contribution is 0.170. The minimum Gasteiger partial charge on any atom is -0.469 e. The summed E-state index contributed by atoms with van der Waals surface area (Å²) in [5, 5.41) is 9.93. The Morgan fingerprint density at radius 1 is 1.47 bits per heavy atom. The van der Waals surface area contributed by atoms with Crippen LogP contribution in [0.1, 0.15) is 23.1 Å². The summed E-state index contributed by atoms with van der Waals surface area (Å²) in [6.07, 6.45) is 3.28. The van der Waals surface area contributed by atoms with E-state index in [-0.39, 0.29) is 0 Å². The maximum atomic E-state index is 9.93. The molecule has 0 amide bonds. The molecule has 0 aliphatic rings. The molecule has 1 N–H and O–H groups in total. The molecule has 0 bridgehead atoms. The van der Waals surface area contributed by atoms with Crippen LogP contribution in [0, 0.1) is 6.92 Å². The molecular formula is C12H13NO2. The third kappa shape index (κ3) is 2.44. The molecule has 1 unspecified atom stereocenters. The summed E-state index contributed by atoms with van der Waals surface area (Å²) in [6, 6.07) is 7.38. The summed E-state index contributed by atoms with van der Waals surface area (Å²) in [7, 11) is 0. The lowest BCUT2D eigenvalue weighted by Gasteiger charge is -2.09. The summed E-state index contributed by atoms with van der Waals surface area (Å²) in [4.78, 5) is 4.08. The number of aromatic nitrogens is 1. The van der Waals surface area contributed by atoms with Crippen LogP contribution in [-0.2, 0) is 6.42 Å². The minimum absolute atomic E-state index is 0.496. The van der Waals surface area contributed by atoms with Crippen molar-refractivity contribution < 1.29 is 9.52 Å². The van der Waals surface area contributed by atoms with Gasteiger partial charge >= 0.3 is 0 Å². The molecule has 3 heteroatoms. The van der Waals surface area contributed by atoms with Gasteiger partial charge in [-0.2, -0.15) is 0 Å². The van der Waals surface area contributed by atoms with Crippen LogP contribution in [0.25, 0.3) is 0 Å². The summed E-state index contributed by atoms with van der Waals surface area (Å²) in [6.45, 7) is 1.91. The van der Waals surface area contributed by atoms with Crippen molar-refractivity contribution in [2.75, 3.05) is 0 Å². The smallest absolute Gasteiger partial charge is 0.106 e. The quantitative estimate of drug-likeness (QED) is 0.832. The molecule has 15 heavy (non-hydrogen) atoms. The highest BCUT2D eigenvalue weighted by Crippen LogP contribution is 2.18. The molecule has 0 spiro atoms. The lowest BCUT2D eigenvalue weighted by atomic mass is 10.1. The normalized spacial score (nSPS) is 12.7. The van der Waals surface area contributed by atoms with Crippen molar-refractivity contribution in [1.29, 1.82) is 0 Å². The van der Waals surface area contributed by atoms with Gasteiger partial charge in [-0.15, -0.1) is 0 Å². The highest BCUT2D eigenvalue weighted by atomic mass is 16.3. The Hall–Kier alpha value is -1.61. The third-order valence-electron chi connectivity index (χ3n) is 2.28. The molecule has 0 fully saturated rings. The molecule has 0 aliphatic heterocycles. The molecule has 3 nitrogen and oxygen atoms in total. The van der Waals surface area contributed by atoms with E-state index in [1.165, 1.54) is 0 Å². The second kappa shape index (κ2) is 4.28. The average Bonchev–Trinajstić information content (AvgIpc) is 2.70. The van der Waals surface area contributed by atoms with E-state index in [4.69, 9.17) is 4.42 Å². The largest absolute Gasteiger partial charge is 0.469 e. The molecule has 0 saturated heterocycles. The fraction of sp³-hybridized carbons (Fsp3) is 0.250. The number of hydrogen-bond acceptors (Lipinski definition) is 3. The van der Waals surface area contributed by atoms with Gasteiger partial charge in [0.25, 0.3) is 0 Å². The molecule has 0 aliphatic carbocycles. The molecule has 2 heterocycles. The molecule has 2 aromatic rings. The Labute approximate surface area is 88.4 Å².